The van der Waals surface area contributed by atoms with Crippen molar-refractivity contribution < 1.29 is 9.28 Å². The Kier molecular flexibility index (Phi) is 2.92. The van der Waals surface area contributed by atoms with Crippen molar-refractivity contribution in [2.45, 2.75) is 0 Å². The van der Waals surface area contributed by atoms with Crippen LogP contribution in [0.4, 0.5) is 4.48 Å². The number of carbonyl (C=O) groups excluding carboxylic acids is 1. The van der Waals surface area contributed by atoms with E-state index in [1.165, 1.54) is 12.1 Å². The van der Waals surface area contributed by atoms with Gasteiger partial charge in [0.15, 0.2) is 0 Å². The number of halogens is 1. The molecule has 1 rings (SSSR count). The first-order chi connectivity index (χ1) is 6.13. The maximum atomic E-state index is 12.8. The molecule has 0 saturated carbocycles. The molecule has 0 saturated heterocycles. The van der Waals surface area contributed by atoms with Gasteiger partial charge in [-0.2, -0.15) is 0 Å². The van der Waals surface area contributed by atoms with E-state index in [1.807, 2.05) is 0 Å². The predicted octanol–water partition coefficient (Wildman–Crippen LogP) is 1.26. The number of hydrogen-bond donors (Lipinski definition) is 1. The maximum absolute atomic E-state index is 12.8. The van der Waals surface area contributed by atoms with Crippen LogP contribution < -0.4 is 5.73 Å². The molecule has 1 aromatic carbocycles. The summed E-state index contributed by atoms with van der Waals surface area (Å²) >= 11 is 4.30. The van der Waals surface area contributed by atoms with Crippen molar-refractivity contribution in [3.05, 3.63) is 35.9 Å². The van der Waals surface area contributed by atoms with Crippen LogP contribution in [0.2, 0.25) is 0 Å². The van der Waals surface area contributed by atoms with Gasteiger partial charge in [-0.25, -0.2) is 0 Å². The highest BCUT2D eigenvalue weighted by Crippen LogP contribution is 2.04. The second kappa shape index (κ2) is 3.95. The quantitative estimate of drug-likeness (QED) is 0.545. The summed E-state index contributed by atoms with van der Waals surface area (Å²) in [6.45, 7) is 0. The molecule has 0 bridgehead atoms. The van der Waals surface area contributed by atoms with Crippen LogP contribution in [0.25, 0.3) is 0 Å². The maximum Gasteiger partial charge on any atom is 0.288 e. The van der Waals surface area contributed by atoms with E-state index in [4.69, 9.17) is 5.73 Å². The average Bonchev–Trinajstić information content (AvgIpc) is 2.17. The molecule has 3 nitrogen and oxygen atoms in total. The summed E-state index contributed by atoms with van der Waals surface area (Å²) in [6, 6.07) is 7.93. The summed E-state index contributed by atoms with van der Waals surface area (Å²) < 4.78 is 12.8. The number of nitrogens with zero attached hydrogens (tertiary/aromatic N) is 1. The van der Waals surface area contributed by atoms with Crippen LogP contribution in [0, 0.1) is 0 Å². The molecule has 0 radical (unpaired) electrons. The van der Waals surface area contributed by atoms with Gasteiger partial charge in [-0.05, 0) is 24.4 Å². The third-order valence-corrected chi connectivity index (χ3v) is 1.55. The molecule has 0 spiro atoms. The molecule has 0 aromatic heterocycles. The smallest absolute Gasteiger partial charge is 0.288 e. The van der Waals surface area contributed by atoms with Gasteiger partial charge in [0.05, 0.1) is 0 Å². The summed E-state index contributed by atoms with van der Waals surface area (Å²) in [5, 5.41) is -0.848. The van der Waals surface area contributed by atoms with Crippen molar-refractivity contribution in [1.82, 2.24) is 5.12 Å². The number of hydrogen-bond acceptors (Lipinski definition) is 2. The van der Waals surface area contributed by atoms with Gasteiger partial charge in [-0.15, -0.1) is 5.12 Å². The van der Waals surface area contributed by atoms with E-state index < -0.39 is 11.0 Å². The molecule has 2 N–H and O–H groups in total. The molecule has 0 heterocycles. The molecular formula is C8H7FN2OS. The Morgan fingerprint density at radius 2 is 1.92 bits per heavy atom. The fourth-order valence-corrected chi connectivity index (χ4v) is 0.877. The monoisotopic (exact) mass is 198 g/mol. The second-order valence-electron chi connectivity index (χ2n) is 2.29. The molecule has 13 heavy (non-hydrogen) atoms. The minimum absolute atomic E-state index is 0.206. The van der Waals surface area contributed by atoms with Gasteiger partial charge < -0.3 is 5.73 Å². The summed E-state index contributed by atoms with van der Waals surface area (Å²) in [6.07, 6.45) is 0. The van der Waals surface area contributed by atoms with E-state index in [-0.39, 0.29) is 10.7 Å². The van der Waals surface area contributed by atoms with E-state index in [9.17, 15) is 9.28 Å². The molecular weight excluding hydrogens is 191 g/mol. The first-order valence-electron chi connectivity index (χ1n) is 3.47. The Labute approximate surface area is 79.9 Å². The minimum Gasteiger partial charge on any atom is -0.374 e. The Morgan fingerprint density at radius 1 is 1.38 bits per heavy atom. The molecule has 0 unspecified atom stereocenters. The van der Waals surface area contributed by atoms with Crippen LogP contribution in [0.1, 0.15) is 10.4 Å². The summed E-state index contributed by atoms with van der Waals surface area (Å²) in [4.78, 5) is 11.2. The Bertz CT molecular complexity index is 328. The van der Waals surface area contributed by atoms with Crippen LogP contribution in [-0.2, 0) is 0 Å². The molecule has 0 atom stereocenters. The third-order valence-electron chi connectivity index (χ3n) is 1.39. The Hall–Kier alpha value is -1.49. The van der Waals surface area contributed by atoms with Gasteiger partial charge in [0.1, 0.15) is 0 Å². The molecule has 0 aliphatic rings. The predicted molar refractivity (Wildman–Crippen MR) is 50.5 cm³/mol. The van der Waals surface area contributed by atoms with Crippen LogP contribution in [-0.4, -0.2) is 16.1 Å². The first-order valence-corrected chi connectivity index (χ1v) is 3.88. The molecule has 0 aliphatic heterocycles. The number of thiocarbonyl (C=S) groups is 1. The fraction of sp³-hybridized carbons (Fsp3) is 0. The fourth-order valence-electron chi connectivity index (χ4n) is 0.794. The zero-order valence-electron chi connectivity index (χ0n) is 6.61. The lowest BCUT2D eigenvalue weighted by molar-refractivity contribution is 0.0542. The second-order valence-corrected chi connectivity index (χ2v) is 2.71. The molecule has 68 valence electrons. The van der Waals surface area contributed by atoms with Crippen LogP contribution >= 0.6 is 12.2 Å². The van der Waals surface area contributed by atoms with E-state index in [1.54, 1.807) is 18.2 Å². The average molecular weight is 198 g/mol. The molecule has 5 heteroatoms. The Balaban J connectivity index is 2.86. The largest absolute Gasteiger partial charge is 0.374 e. The van der Waals surface area contributed by atoms with Gasteiger partial charge >= 0.3 is 0 Å². The molecule has 1 aromatic rings. The van der Waals surface area contributed by atoms with Crippen molar-refractivity contribution in [3.63, 3.8) is 0 Å². The number of amides is 1. The number of carbonyl (C=O) groups is 1. The van der Waals surface area contributed by atoms with Crippen molar-refractivity contribution in [2.75, 3.05) is 0 Å². The summed E-state index contributed by atoms with van der Waals surface area (Å²) in [7, 11) is 0. The van der Waals surface area contributed by atoms with E-state index >= 15 is 0 Å². The van der Waals surface area contributed by atoms with Gasteiger partial charge in [-0.1, -0.05) is 22.7 Å². The number of nitrogens with two attached hydrogens (primary N) is 1. The topological polar surface area (TPSA) is 46.3 Å². The third kappa shape index (κ3) is 2.22. The van der Waals surface area contributed by atoms with Gasteiger partial charge in [0.2, 0.25) is 5.11 Å². The lowest BCUT2D eigenvalue weighted by atomic mass is 10.2. The highest BCUT2D eigenvalue weighted by atomic mass is 32.1. The van der Waals surface area contributed by atoms with E-state index in [0.717, 1.165) is 0 Å². The SMILES string of the molecule is NC(=S)N(F)C(=O)c1ccccc1. The van der Waals surface area contributed by atoms with E-state index in [0.29, 0.717) is 0 Å². The zero-order chi connectivity index (χ0) is 9.84. The van der Waals surface area contributed by atoms with Crippen molar-refractivity contribution in [1.29, 1.82) is 0 Å². The normalized spacial score (nSPS) is 9.31. The van der Waals surface area contributed by atoms with Crippen LogP contribution in [0.5, 0.6) is 0 Å². The zero-order valence-corrected chi connectivity index (χ0v) is 7.42. The van der Waals surface area contributed by atoms with Crippen molar-refractivity contribution in [2.24, 2.45) is 5.73 Å². The van der Waals surface area contributed by atoms with Gasteiger partial charge in [0.25, 0.3) is 5.91 Å². The summed E-state index contributed by atoms with van der Waals surface area (Å²) in [5.74, 6) is -0.854. The standard InChI is InChI=1S/C8H7FN2OS/c9-11(8(10)13)7(12)6-4-2-1-3-5-6/h1-5H,(H2,10,13). The highest BCUT2D eigenvalue weighted by molar-refractivity contribution is 7.80. The van der Waals surface area contributed by atoms with Gasteiger partial charge in [-0.3, -0.25) is 4.79 Å². The van der Waals surface area contributed by atoms with Crippen LogP contribution in [0.3, 0.4) is 0 Å². The number of benzene rings is 1. The number of rotatable bonds is 1. The minimum atomic E-state index is -0.854. The van der Waals surface area contributed by atoms with Crippen LogP contribution in [0.15, 0.2) is 30.3 Å². The molecule has 0 aliphatic carbocycles. The highest BCUT2D eigenvalue weighted by Gasteiger charge is 2.16. The molecule has 1 amide bonds. The first kappa shape index (κ1) is 9.60. The van der Waals surface area contributed by atoms with Gasteiger partial charge in [0, 0.05) is 5.56 Å². The van der Waals surface area contributed by atoms with E-state index in [2.05, 4.69) is 12.2 Å². The summed E-state index contributed by atoms with van der Waals surface area (Å²) in [5.41, 5.74) is 5.14. The molecule has 0 fully saturated rings. The lowest BCUT2D eigenvalue weighted by Crippen LogP contribution is -2.33. The Morgan fingerprint density at radius 3 is 2.38 bits per heavy atom. The lowest BCUT2D eigenvalue weighted by Gasteiger charge is -2.08. The van der Waals surface area contributed by atoms with Crippen molar-refractivity contribution >= 4 is 23.2 Å². The van der Waals surface area contributed by atoms with Crippen molar-refractivity contribution in [3.8, 4) is 0 Å².